The molecule has 1 aliphatic rings. The van der Waals surface area contributed by atoms with Crippen LogP contribution in [0.25, 0.3) is 6.08 Å². The van der Waals surface area contributed by atoms with E-state index in [0.717, 1.165) is 4.90 Å². The average molecular weight is 227 g/mol. The van der Waals surface area contributed by atoms with E-state index in [1.165, 1.54) is 12.1 Å². The van der Waals surface area contributed by atoms with Crippen molar-refractivity contribution in [1.82, 2.24) is 0 Å². The molecule has 0 saturated carbocycles. The van der Waals surface area contributed by atoms with E-state index in [0.29, 0.717) is 11.3 Å². The van der Waals surface area contributed by atoms with E-state index < -0.39 is 12.1 Å². The van der Waals surface area contributed by atoms with Crippen LogP contribution >= 0.6 is 0 Å². The Balaban J connectivity index is 2.40. The highest BCUT2D eigenvalue weighted by Gasteiger charge is 2.43. The van der Waals surface area contributed by atoms with Gasteiger partial charge in [0.2, 0.25) is 0 Å². The molecule has 0 spiro atoms. The number of anilines is 1. The zero-order valence-electron chi connectivity index (χ0n) is 8.16. The van der Waals surface area contributed by atoms with E-state index in [1.807, 2.05) is 0 Å². The Morgan fingerprint density at radius 3 is 2.62 bits per heavy atom. The summed E-state index contributed by atoms with van der Waals surface area (Å²) in [6.45, 7) is -0.0463. The minimum absolute atomic E-state index is 0.0463. The third-order valence-corrected chi connectivity index (χ3v) is 2.30. The number of halogens is 3. The highest BCUT2D eigenvalue weighted by atomic mass is 19.4. The number of benzene rings is 1. The molecule has 1 aromatic carbocycles. The topological polar surface area (TPSA) is 20.3 Å². The third kappa shape index (κ3) is 1.80. The first-order valence-corrected chi connectivity index (χ1v) is 4.64. The molecule has 1 aliphatic heterocycles. The van der Waals surface area contributed by atoms with E-state index in [4.69, 9.17) is 0 Å². The fourth-order valence-electron chi connectivity index (χ4n) is 1.60. The Morgan fingerprint density at radius 2 is 1.94 bits per heavy atom. The van der Waals surface area contributed by atoms with Crippen molar-refractivity contribution in [1.29, 1.82) is 0 Å². The summed E-state index contributed by atoms with van der Waals surface area (Å²) < 4.78 is 36.9. The Labute approximate surface area is 90.0 Å². The first kappa shape index (κ1) is 10.7. The second-order valence-electron chi connectivity index (χ2n) is 3.37. The van der Waals surface area contributed by atoms with Gasteiger partial charge in [-0.3, -0.25) is 4.79 Å². The van der Waals surface area contributed by atoms with E-state index in [2.05, 4.69) is 0 Å². The molecule has 0 atom stereocenters. The molecule has 0 N–H and O–H groups in total. The summed E-state index contributed by atoms with van der Waals surface area (Å²) in [4.78, 5) is 11.9. The van der Waals surface area contributed by atoms with Gasteiger partial charge in [-0.1, -0.05) is 30.4 Å². The van der Waals surface area contributed by atoms with Gasteiger partial charge in [-0.2, -0.15) is 13.2 Å². The third-order valence-electron chi connectivity index (χ3n) is 2.30. The van der Waals surface area contributed by atoms with Crippen LogP contribution in [-0.2, 0) is 4.79 Å². The predicted molar refractivity (Wildman–Crippen MR) is 53.9 cm³/mol. The maximum atomic E-state index is 12.3. The quantitative estimate of drug-likeness (QED) is 0.667. The maximum absolute atomic E-state index is 12.3. The van der Waals surface area contributed by atoms with Crippen LogP contribution in [0.3, 0.4) is 0 Å². The van der Waals surface area contributed by atoms with Crippen LogP contribution in [0, 0.1) is 0 Å². The van der Waals surface area contributed by atoms with Crippen LogP contribution in [0.1, 0.15) is 5.56 Å². The number of carbonyl (C=O) groups is 1. The van der Waals surface area contributed by atoms with E-state index in [1.54, 1.807) is 24.3 Å². The van der Waals surface area contributed by atoms with Crippen molar-refractivity contribution < 1.29 is 18.0 Å². The van der Waals surface area contributed by atoms with Gasteiger partial charge in [0.1, 0.15) is 0 Å². The van der Waals surface area contributed by atoms with Crippen LogP contribution in [0.15, 0.2) is 30.3 Å². The second-order valence-corrected chi connectivity index (χ2v) is 3.37. The molecule has 0 bridgehead atoms. The van der Waals surface area contributed by atoms with Crippen molar-refractivity contribution >= 4 is 17.7 Å². The first-order chi connectivity index (χ1) is 7.50. The van der Waals surface area contributed by atoms with Gasteiger partial charge < -0.3 is 4.90 Å². The number of hydrogen-bond acceptors (Lipinski definition) is 1. The predicted octanol–water partition coefficient (Wildman–Crippen LogP) is 2.61. The number of rotatable bonds is 0. The molecule has 2 nitrogen and oxygen atoms in total. The second kappa shape index (κ2) is 3.66. The molecular weight excluding hydrogens is 219 g/mol. The van der Waals surface area contributed by atoms with Crippen LogP contribution in [-0.4, -0.2) is 18.6 Å². The molecule has 0 saturated heterocycles. The normalized spacial score (nSPS) is 14.8. The maximum Gasteiger partial charge on any atom is 0.471 e. The molecule has 1 amide bonds. The van der Waals surface area contributed by atoms with Gasteiger partial charge in [0.15, 0.2) is 0 Å². The molecule has 1 aromatic rings. The number of hydrogen-bond donors (Lipinski definition) is 0. The minimum atomic E-state index is -4.84. The minimum Gasteiger partial charge on any atom is -0.300 e. The summed E-state index contributed by atoms with van der Waals surface area (Å²) in [6.07, 6.45) is -1.60. The van der Waals surface area contributed by atoms with Gasteiger partial charge in [-0.15, -0.1) is 0 Å². The highest BCUT2D eigenvalue weighted by molar-refractivity contribution is 6.00. The molecule has 0 aromatic heterocycles. The Hall–Kier alpha value is -1.78. The number of alkyl halides is 3. The number of para-hydroxylation sites is 1. The number of amides is 1. The standard InChI is InChI=1S/C11H8F3NO/c12-11(13,14)10(16)15-7-3-5-8-4-1-2-6-9(8)15/h1-6H,7H2. The summed E-state index contributed by atoms with van der Waals surface area (Å²) in [5.74, 6) is -1.83. The summed E-state index contributed by atoms with van der Waals surface area (Å²) in [5, 5.41) is 0. The zero-order chi connectivity index (χ0) is 11.8. The summed E-state index contributed by atoms with van der Waals surface area (Å²) in [5.41, 5.74) is 0.915. The van der Waals surface area contributed by atoms with Gasteiger partial charge in [0.25, 0.3) is 0 Å². The van der Waals surface area contributed by atoms with Gasteiger partial charge in [0, 0.05) is 6.54 Å². The molecule has 0 unspecified atom stereocenters. The van der Waals surface area contributed by atoms with Gasteiger partial charge >= 0.3 is 12.1 Å². The molecule has 0 fully saturated rings. The highest BCUT2D eigenvalue weighted by Crippen LogP contribution is 2.29. The van der Waals surface area contributed by atoms with E-state index in [9.17, 15) is 18.0 Å². The lowest BCUT2D eigenvalue weighted by atomic mass is 10.1. The SMILES string of the molecule is O=C(N1CC=Cc2ccccc21)C(F)(F)F. The largest absolute Gasteiger partial charge is 0.471 e. The van der Waals surface area contributed by atoms with Crippen molar-refractivity contribution in [2.24, 2.45) is 0 Å². The Kier molecular flexibility index (Phi) is 2.46. The Bertz CT molecular complexity index is 451. The molecule has 0 radical (unpaired) electrons. The fraction of sp³-hybridized carbons (Fsp3) is 0.182. The molecule has 2 rings (SSSR count). The fourth-order valence-corrected chi connectivity index (χ4v) is 1.60. The lowest BCUT2D eigenvalue weighted by Gasteiger charge is -2.26. The number of fused-ring (bicyclic) bond motifs is 1. The van der Waals surface area contributed by atoms with Crippen molar-refractivity contribution in [2.45, 2.75) is 6.18 Å². The zero-order valence-corrected chi connectivity index (χ0v) is 8.16. The molecule has 84 valence electrons. The molecule has 5 heteroatoms. The smallest absolute Gasteiger partial charge is 0.300 e. The number of carbonyl (C=O) groups excluding carboxylic acids is 1. The van der Waals surface area contributed by atoms with Crippen LogP contribution in [0.4, 0.5) is 18.9 Å². The lowest BCUT2D eigenvalue weighted by Crippen LogP contribution is -2.42. The molecule has 16 heavy (non-hydrogen) atoms. The molecule has 0 aliphatic carbocycles. The van der Waals surface area contributed by atoms with Crippen LogP contribution in [0.2, 0.25) is 0 Å². The summed E-state index contributed by atoms with van der Waals surface area (Å²) in [6, 6.07) is 6.49. The van der Waals surface area contributed by atoms with Crippen molar-refractivity contribution in [2.75, 3.05) is 11.4 Å². The van der Waals surface area contributed by atoms with Gasteiger partial charge in [-0.25, -0.2) is 0 Å². The molecule has 1 heterocycles. The monoisotopic (exact) mass is 227 g/mol. The van der Waals surface area contributed by atoms with Crippen molar-refractivity contribution in [3.05, 3.63) is 35.9 Å². The summed E-state index contributed by atoms with van der Waals surface area (Å²) in [7, 11) is 0. The van der Waals surface area contributed by atoms with Gasteiger partial charge in [0.05, 0.1) is 5.69 Å². The average Bonchev–Trinajstić information content (AvgIpc) is 2.26. The first-order valence-electron chi connectivity index (χ1n) is 4.64. The summed E-state index contributed by atoms with van der Waals surface area (Å²) >= 11 is 0. The Morgan fingerprint density at radius 1 is 1.25 bits per heavy atom. The van der Waals surface area contributed by atoms with Crippen molar-refractivity contribution in [3.63, 3.8) is 0 Å². The van der Waals surface area contributed by atoms with Crippen molar-refractivity contribution in [3.8, 4) is 0 Å². The van der Waals surface area contributed by atoms with Crippen LogP contribution < -0.4 is 4.90 Å². The molecular formula is C11H8F3NO. The van der Waals surface area contributed by atoms with Crippen LogP contribution in [0.5, 0.6) is 0 Å². The van der Waals surface area contributed by atoms with Gasteiger partial charge in [-0.05, 0) is 11.6 Å². The lowest BCUT2D eigenvalue weighted by molar-refractivity contribution is -0.170. The van der Waals surface area contributed by atoms with E-state index >= 15 is 0 Å². The van der Waals surface area contributed by atoms with E-state index in [-0.39, 0.29) is 6.54 Å². The number of nitrogens with zero attached hydrogens (tertiary/aromatic N) is 1.